The number of aryl methyl sites for hydroxylation is 1. The molecule has 0 aliphatic carbocycles. The van der Waals surface area contributed by atoms with Gasteiger partial charge in [0.05, 0.1) is 29.3 Å². The number of phenolic OH excluding ortho intramolecular Hbond substituents is 1. The number of ether oxygens (including phenoxy) is 1. The Balaban J connectivity index is 2.34. The van der Waals surface area contributed by atoms with Crippen molar-refractivity contribution >= 4 is 34.2 Å². The number of hydrogen-bond acceptors (Lipinski definition) is 7. The molecule has 28 heavy (non-hydrogen) atoms. The van der Waals surface area contributed by atoms with Crippen LogP contribution in [0.1, 0.15) is 36.5 Å². The van der Waals surface area contributed by atoms with Crippen LogP contribution >= 0.6 is 22.6 Å². The van der Waals surface area contributed by atoms with Crippen LogP contribution in [0.4, 0.5) is 5.69 Å². The fourth-order valence-corrected chi connectivity index (χ4v) is 3.87. The Hall–Kier alpha value is -2.69. The number of carbonyl (C=O) groups excluding carboxylic acids is 1. The van der Waals surface area contributed by atoms with Crippen molar-refractivity contribution in [2.24, 2.45) is 5.22 Å². The van der Waals surface area contributed by atoms with Gasteiger partial charge in [-0.3, -0.25) is 4.79 Å². The highest BCUT2D eigenvalue weighted by Gasteiger charge is 2.37. The van der Waals surface area contributed by atoms with Crippen molar-refractivity contribution in [3.8, 4) is 11.6 Å². The van der Waals surface area contributed by atoms with Gasteiger partial charge in [0.2, 0.25) is 5.88 Å². The molecule has 0 bridgehead atoms. The first-order valence-electron chi connectivity index (χ1n) is 8.64. The van der Waals surface area contributed by atoms with Crippen LogP contribution in [0.3, 0.4) is 0 Å². The van der Waals surface area contributed by atoms with Gasteiger partial charge in [0.25, 0.3) is 5.91 Å². The number of nitrogens with one attached hydrogen (secondary N) is 3. The Morgan fingerprint density at radius 1 is 1.46 bits per heavy atom. The van der Waals surface area contributed by atoms with Crippen LogP contribution in [0.5, 0.6) is 11.6 Å². The van der Waals surface area contributed by atoms with Crippen molar-refractivity contribution in [1.82, 2.24) is 10.4 Å². The van der Waals surface area contributed by atoms with Gasteiger partial charge in [-0.05, 0) is 61.1 Å². The molecule has 146 valence electrons. The second-order valence-electron chi connectivity index (χ2n) is 6.32. The van der Waals surface area contributed by atoms with Gasteiger partial charge >= 0.3 is 0 Å². The zero-order valence-corrected chi connectivity index (χ0v) is 17.8. The van der Waals surface area contributed by atoms with E-state index in [0.29, 0.717) is 34.9 Å². The summed E-state index contributed by atoms with van der Waals surface area (Å²) in [5.74, 6) is -0.713. The first kappa shape index (κ1) is 20.1. The number of carbonyl (C=O) groups is 1. The van der Waals surface area contributed by atoms with Gasteiger partial charge in [0, 0.05) is 21.0 Å². The molecule has 2 aromatic rings. The molecule has 4 N–H and O–H groups in total. The van der Waals surface area contributed by atoms with Crippen LogP contribution in [0, 0.1) is 16.0 Å². The highest BCUT2D eigenvalue weighted by molar-refractivity contribution is 14.1. The second kappa shape index (κ2) is 8.13. The average molecular weight is 493 g/mol. The maximum atomic E-state index is 12.8. The molecular weight excluding hydrogens is 473 g/mol. The maximum Gasteiger partial charge on any atom is 0.271 e. The smallest absolute Gasteiger partial charge is 0.271 e. The molecule has 1 aromatic heterocycles. The Morgan fingerprint density at radius 3 is 2.86 bits per heavy atom. The zero-order valence-electron chi connectivity index (χ0n) is 15.6. The van der Waals surface area contributed by atoms with Gasteiger partial charge in [0.15, 0.2) is 0 Å². The normalized spacial score (nSPS) is 15.5. The standard InChI is InChI=1S/C19H20IN5O3/c1-4-28-19-16-15(12-6-5-11(20)7-13(12)26)14(18(27)24-25-21)10(3)23-17(16)9(2)8-22-19/h5-8,15,23,26H,4H2,1-3H3,(H2,21,24,27)/t15-/m1/s1. The summed E-state index contributed by atoms with van der Waals surface area (Å²) < 4.78 is 6.62. The van der Waals surface area contributed by atoms with E-state index < -0.39 is 11.8 Å². The summed E-state index contributed by atoms with van der Waals surface area (Å²) in [6.45, 7) is 5.95. The molecule has 1 atom stereocenters. The number of halogens is 1. The first-order valence-corrected chi connectivity index (χ1v) is 9.72. The van der Waals surface area contributed by atoms with Gasteiger partial charge in [-0.2, -0.15) is 5.53 Å². The molecular formula is C19H20IN5O3. The fraction of sp³-hybridized carbons (Fsp3) is 0.263. The van der Waals surface area contributed by atoms with Crippen molar-refractivity contribution in [2.45, 2.75) is 26.7 Å². The summed E-state index contributed by atoms with van der Waals surface area (Å²) in [7, 11) is 0. The van der Waals surface area contributed by atoms with Gasteiger partial charge in [-0.15, -0.1) is 0 Å². The van der Waals surface area contributed by atoms with Crippen molar-refractivity contribution in [3.05, 3.63) is 55.9 Å². The number of anilines is 1. The van der Waals surface area contributed by atoms with E-state index in [-0.39, 0.29) is 5.75 Å². The predicted molar refractivity (Wildman–Crippen MR) is 112 cm³/mol. The van der Waals surface area contributed by atoms with E-state index in [2.05, 4.69) is 43.5 Å². The summed E-state index contributed by atoms with van der Waals surface area (Å²) in [6, 6.07) is 5.29. The lowest BCUT2D eigenvalue weighted by Crippen LogP contribution is -2.30. The third-order valence-corrected chi connectivity index (χ3v) is 5.22. The lowest BCUT2D eigenvalue weighted by Gasteiger charge is -2.32. The van der Waals surface area contributed by atoms with E-state index >= 15 is 0 Å². The van der Waals surface area contributed by atoms with Crippen LogP contribution in [-0.4, -0.2) is 22.6 Å². The number of rotatable bonds is 5. The van der Waals surface area contributed by atoms with Crippen molar-refractivity contribution in [3.63, 3.8) is 0 Å². The highest BCUT2D eigenvalue weighted by atomic mass is 127. The number of allylic oxidation sites excluding steroid dienone is 1. The Kier molecular flexibility index (Phi) is 5.82. The quantitative estimate of drug-likeness (QED) is 0.285. The largest absolute Gasteiger partial charge is 0.508 e. The molecule has 9 heteroatoms. The molecule has 8 nitrogen and oxygen atoms in total. The zero-order chi connectivity index (χ0) is 20.4. The summed E-state index contributed by atoms with van der Waals surface area (Å²) in [5, 5.41) is 17.0. The minimum Gasteiger partial charge on any atom is -0.508 e. The number of aromatic hydroxyl groups is 1. The van der Waals surface area contributed by atoms with E-state index in [4.69, 9.17) is 10.3 Å². The molecule has 1 aliphatic rings. The van der Waals surface area contributed by atoms with Gasteiger partial charge in [0.1, 0.15) is 5.75 Å². The van der Waals surface area contributed by atoms with Crippen LogP contribution in [0.15, 0.2) is 40.9 Å². The van der Waals surface area contributed by atoms with Crippen molar-refractivity contribution < 1.29 is 14.6 Å². The molecule has 0 spiro atoms. The average Bonchev–Trinajstić information content (AvgIpc) is 2.64. The van der Waals surface area contributed by atoms with E-state index in [1.165, 1.54) is 0 Å². The number of aromatic nitrogens is 1. The topological polar surface area (TPSA) is 120 Å². The monoisotopic (exact) mass is 493 g/mol. The SMILES string of the molecule is CCOc1ncc(C)c2c1[C@H](c1ccc(I)cc1O)C(C(=O)NN=N)=C(C)N2. The van der Waals surface area contributed by atoms with Gasteiger partial charge in [-0.25, -0.2) is 10.4 Å². The van der Waals surface area contributed by atoms with E-state index in [1.54, 1.807) is 25.3 Å². The van der Waals surface area contributed by atoms with Crippen molar-refractivity contribution in [2.75, 3.05) is 11.9 Å². The number of fused-ring (bicyclic) bond motifs is 1. The van der Waals surface area contributed by atoms with Crippen LogP contribution < -0.4 is 15.5 Å². The summed E-state index contributed by atoms with van der Waals surface area (Å²) in [4.78, 5) is 17.2. The maximum absolute atomic E-state index is 12.8. The van der Waals surface area contributed by atoms with E-state index in [1.807, 2.05) is 19.9 Å². The summed E-state index contributed by atoms with van der Waals surface area (Å²) >= 11 is 2.11. The molecule has 1 aliphatic heterocycles. The minimum absolute atomic E-state index is 0.0645. The molecule has 0 saturated carbocycles. The van der Waals surface area contributed by atoms with Crippen LogP contribution in [-0.2, 0) is 4.79 Å². The molecule has 0 radical (unpaired) electrons. The third-order valence-electron chi connectivity index (χ3n) is 4.55. The highest BCUT2D eigenvalue weighted by Crippen LogP contribution is 2.48. The van der Waals surface area contributed by atoms with Crippen LogP contribution in [0.2, 0.25) is 0 Å². The van der Waals surface area contributed by atoms with Crippen molar-refractivity contribution in [1.29, 1.82) is 5.53 Å². The van der Waals surface area contributed by atoms with Gasteiger partial charge < -0.3 is 15.2 Å². The molecule has 0 fully saturated rings. The number of phenols is 1. The number of nitrogens with zero attached hydrogens (tertiary/aromatic N) is 2. The molecule has 3 rings (SSSR count). The summed E-state index contributed by atoms with van der Waals surface area (Å²) in [6.07, 6.45) is 1.71. The van der Waals surface area contributed by atoms with Crippen LogP contribution in [0.25, 0.3) is 0 Å². The molecule has 0 saturated heterocycles. The molecule has 0 unspecified atom stereocenters. The number of hydrogen-bond donors (Lipinski definition) is 4. The number of amides is 1. The Morgan fingerprint density at radius 2 is 2.21 bits per heavy atom. The lowest BCUT2D eigenvalue weighted by molar-refractivity contribution is -0.117. The Labute approximate surface area is 176 Å². The molecule has 2 heterocycles. The number of benzene rings is 1. The van der Waals surface area contributed by atoms with E-state index in [9.17, 15) is 9.90 Å². The molecule has 1 aromatic carbocycles. The van der Waals surface area contributed by atoms with Gasteiger partial charge in [-0.1, -0.05) is 11.3 Å². The second-order valence-corrected chi connectivity index (χ2v) is 7.57. The lowest BCUT2D eigenvalue weighted by atomic mass is 9.79. The van der Waals surface area contributed by atoms with E-state index in [0.717, 1.165) is 14.8 Å². The predicted octanol–water partition coefficient (Wildman–Crippen LogP) is 3.99. The summed E-state index contributed by atoms with van der Waals surface area (Å²) in [5.41, 5.74) is 13.0. The first-order chi connectivity index (χ1) is 13.4. The third kappa shape index (κ3) is 3.53. The number of pyridine rings is 1. The Bertz CT molecular complexity index is 990. The minimum atomic E-state index is -0.635. The molecule has 1 amide bonds. The fourth-order valence-electron chi connectivity index (χ4n) is 3.39.